The molecule has 1 rings (SSSR count). The second kappa shape index (κ2) is 7.13. The zero-order valence-electron chi connectivity index (χ0n) is 10.6. The molecule has 1 aliphatic rings. The number of likely N-dealkylation sites (N-methyl/N-ethyl adjacent to an activating group) is 1. The van der Waals surface area contributed by atoms with Crippen LogP contribution in [0.25, 0.3) is 0 Å². The van der Waals surface area contributed by atoms with Crippen molar-refractivity contribution in [3.8, 4) is 0 Å². The van der Waals surface area contributed by atoms with E-state index in [1.54, 1.807) is 6.92 Å². The molecule has 1 atom stereocenters. The maximum atomic E-state index is 11.7. The maximum Gasteiger partial charge on any atom is 0.239 e. The number of hydrogen-bond acceptors (Lipinski definition) is 2. The van der Waals surface area contributed by atoms with Crippen LogP contribution in [-0.4, -0.2) is 29.9 Å². The van der Waals surface area contributed by atoms with Crippen LogP contribution in [0.3, 0.4) is 0 Å². The lowest BCUT2D eigenvalue weighted by atomic mass is 9.84. The van der Waals surface area contributed by atoms with Crippen molar-refractivity contribution in [3.63, 3.8) is 0 Å². The summed E-state index contributed by atoms with van der Waals surface area (Å²) in [6.07, 6.45) is 6.09. The van der Waals surface area contributed by atoms with E-state index >= 15 is 0 Å². The molecule has 1 fully saturated rings. The summed E-state index contributed by atoms with van der Waals surface area (Å²) >= 11 is 0. The summed E-state index contributed by atoms with van der Waals surface area (Å²) in [6.45, 7) is 4.01. The van der Waals surface area contributed by atoms with Gasteiger partial charge in [0, 0.05) is 13.1 Å². The smallest absolute Gasteiger partial charge is 0.239 e. The molecule has 0 aromatic carbocycles. The fourth-order valence-corrected chi connectivity index (χ4v) is 2.44. The van der Waals surface area contributed by atoms with Crippen LogP contribution in [0.2, 0.25) is 0 Å². The van der Waals surface area contributed by atoms with E-state index in [0.29, 0.717) is 6.04 Å². The van der Waals surface area contributed by atoms with E-state index in [2.05, 4.69) is 6.92 Å². The Morgan fingerprint density at radius 1 is 1.38 bits per heavy atom. The first-order valence-corrected chi connectivity index (χ1v) is 6.08. The van der Waals surface area contributed by atoms with Crippen molar-refractivity contribution in [1.29, 1.82) is 0 Å². The van der Waals surface area contributed by atoms with Crippen LogP contribution in [0.5, 0.6) is 0 Å². The van der Waals surface area contributed by atoms with Crippen molar-refractivity contribution in [1.82, 2.24) is 4.90 Å². The Balaban J connectivity index is 0.00000225. The third-order valence-corrected chi connectivity index (χ3v) is 3.68. The number of nitrogens with two attached hydrogens (primary N) is 1. The minimum atomic E-state index is -0.362. The highest BCUT2D eigenvalue weighted by atomic mass is 35.5. The summed E-state index contributed by atoms with van der Waals surface area (Å²) in [7, 11) is 1.89. The second-order valence-electron chi connectivity index (χ2n) is 4.82. The van der Waals surface area contributed by atoms with Gasteiger partial charge in [0.1, 0.15) is 0 Å². The van der Waals surface area contributed by atoms with Crippen molar-refractivity contribution >= 4 is 18.3 Å². The molecule has 3 nitrogen and oxygen atoms in total. The van der Waals surface area contributed by atoms with Crippen molar-refractivity contribution < 1.29 is 4.79 Å². The molecule has 0 saturated heterocycles. The van der Waals surface area contributed by atoms with Gasteiger partial charge in [-0.15, -0.1) is 12.4 Å². The van der Waals surface area contributed by atoms with Crippen LogP contribution in [0.1, 0.15) is 46.0 Å². The van der Waals surface area contributed by atoms with Gasteiger partial charge in [0.25, 0.3) is 0 Å². The van der Waals surface area contributed by atoms with Crippen molar-refractivity contribution in [3.05, 3.63) is 0 Å². The highest BCUT2D eigenvalue weighted by molar-refractivity contribution is 5.85. The maximum absolute atomic E-state index is 11.7. The van der Waals surface area contributed by atoms with Gasteiger partial charge in [-0.2, -0.15) is 0 Å². The van der Waals surface area contributed by atoms with Crippen molar-refractivity contribution in [2.45, 2.75) is 58.0 Å². The zero-order chi connectivity index (χ0) is 11.4. The molecule has 0 spiro atoms. The number of hydrogen-bond donors (Lipinski definition) is 1. The average Bonchev–Trinajstić information content (AvgIpc) is 2.27. The molecule has 0 unspecified atom stereocenters. The van der Waals surface area contributed by atoms with Gasteiger partial charge in [-0.3, -0.25) is 4.79 Å². The lowest BCUT2D eigenvalue weighted by Crippen LogP contribution is -2.46. The van der Waals surface area contributed by atoms with Gasteiger partial charge in [0.15, 0.2) is 0 Å². The number of amides is 1. The fourth-order valence-electron chi connectivity index (χ4n) is 2.44. The van der Waals surface area contributed by atoms with E-state index < -0.39 is 0 Å². The van der Waals surface area contributed by atoms with E-state index in [-0.39, 0.29) is 24.4 Å². The predicted molar refractivity (Wildman–Crippen MR) is 69.7 cm³/mol. The Hall–Kier alpha value is -0.280. The Kier molecular flexibility index (Phi) is 7.00. The van der Waals surface area contributed by atoms with Gasteiger partial charge in [-0.25, -0.2) is 0 Å². The molecule has 16 heavy (non-hydrogen) atoms. The highest BCUT2D eigenvalue weighted by Gasteiger charge is 2.26. The third kappa shape index (κ3) is 3.95. The molecule has 1 amide bonds. The van der Waals surface area contributed by atoms with Gasteiger partial charge >= 0.3 is 0 Å². The largest absolute Gasteiger partial charge is 0.341 e. The van der Waals surface area contributed by atoms with E-state index in [4.69, 9.17) is 5.73 Å². The lowest BCUT2D eigenvalue weighted by Gasteiger charge is -2.35. The first-order chi connectivity index (χ1) is 7.06. The van der Waals surface area contributed by atoms with Gasteiger partial charge in [-0.1, -0.05) is 13.3 Å². The molecule has 96 valence electrons. The van der Waals surface area contributed by atoms with Crippen molar-refractivity contribution in [2.75, 3.05) is 7.05 Å². The molecule has 0 heterocycles. The Morgan fingerprint density at radius 2 is 1.88 bits per heavy atom. The Bertz CT molecular complexity index is 213. The number of rotatable bonds is 3. The molecule has 2 N–H and O–H groups in total. The molecule has 4 heteroatoms. The predicted octanol–water partition coefficient (Wildman–Crippen LogP) is 2.18. The number of carbonyl (C=O) groups is 1. The molecule has 1 aliphatic carbocycles. The summed E-state index contributed by atoms with van der Waals surface area (Å²) in [4.78, 5) is 13.6. The van der Waals surface area contributed by atoms with Crippen LogP contribution >= 0.6 is 12.4 Å². The molecule has 0 aliphatic heterocycles. The van der Waals surface area contributed by atoms with Gasteiger partial charge < -0.3 is 10.6 Å². The number of carbonyl (C=O) groups excluding carboxylic acids is 1. The first kappa shape index (κ1) is 15.7. The zero-order valence-corrected chi connectivity index (χ0v) is 11.4. The van der Waals surface area contributed by atoms with E-state index in [1.165, 1.54) is 19.3 Å². The minimum Gasteiger partial charge on any atom is -0.341 e. The molecule has 0 aromatic rings. The topological polar surface area (TPSA) is 46.3 Å². The molecule has 0 bridgehead atoms. The Morgan fingerprint density at radius 3 is 2.25 bits per heavy atom. The average molecular weight is 249 g/mol. The Labute approximate surface area is 105 Å². The fraction of sp³-hybridized carbons (Fsp3) is 0.917. The number of halogens is 1. The normalized spacial score (nSPS) is 26.8. The molecular formula is C12H25ClN2O. The van der Waals surface area contributed by atoms with Gasteiger partial charge in [-0.05, 0) is 38.5 Å². The first-order valence-electron chi connectivity index (χ1n) is 6.08. The van der Waals surface area contributed by atoms with E-state index in [1.807, 2.05) is 11.9 Å². The quantitative estimate of drug-likeness (QED) is 0.832. The van der Waals surface area contributed by atoms with Crippen molar-refractivity contribution in [2.24, 2.45) is 11.7 Å². The third-order valence-electron chi connectivity index (χ3n) is 3.68. The monoisotopic (exact) mass is 248 g/mol. The minimum absolute atomic E-state index is 0. The molecule has 0 aromatic heterocycles. The summed E-state index contributed by atoms with van der Waals surface area (Å²) < 4.78 is 0. The lowest BCUT2D eigenvalue weighted by molar-refractivity contribution is -0.133. The van der Waals surface area contributed by atoms with Gasteiger partial charge in [0.05, 0.1) is 6.04 Å². The molecule has 0 radical (unpaired) electrons. The molecule has 1 saturated carbocycles. The highest BCUT2D eigenvalue weighted by Crippen LogP contribution is 2.28. The van der Waals surface area contributed by atoms with Crippen LogP contribution in [-0.2, 0) is 4.79 Å². The van der Waals surface area contributed by atoms with E-state index in [9.17, 15) is 4.79 Å². The van der Waals surface area contributed by atoms with Crippen LogP contribution in [0.4, 0.5) is 0 Å². The van der Waals surface area contributed by atoms with Crippen LogP contribution in [0, 0.1) is 5.92 Å². The van der Waals surface area contributed by atoms with Crippen LogP contribution in [0.15, 0.2) is 0 Å². The van der Waals surface area contributed by atoms with Crippen LogP contribution < -0.4 is 5.73 Å². The standard InChI is InChI=1S/C12H24N2O.ClH/c1-4-10-5-7-11(8-6-10)14(3)12(15)9(2)13;/h9-11H,4-8,13H2,1-3H3;1H/t9-,10?,11?;/m0./s1. The summed E-state index contributed by atoms with van der Waals surface area (Å²) in [5.74, 6) is 0.954. The SMILES string of the molecule is CCC1CCC(N(C)C(=O)[C@H](C)N)CC1.Cl. The van der Waals surface area contributed by atoms with Gasteiger partial charge in [0.2, 0.25) is 5.91 Å². The summed E-state index contributed by atoms with van der Waals surface area (Å²) in [5.41, 5.74) is 5.61. The molecular weight excluding hydrogens is 224 g/mol. The summed E-state index contributed by atoms with van der Waals surface area (Å²) in [5, 5.41) is 0. The van der Waals surface area contributed by atoms with E-state index in [0.717, 1.165) is 18.8 Å². The second-order valence-corrected chi connectivity index (χ2v) is 4.82. The number of nitrogens with zero attached hydrogens (tertiary/aromatic N) is 1. The summed E-state index contributed by atoms with van der Waals surface area (Å²) in [6, 6.07) is 0.0604.